The third kappa shape index (κ3) is 3.48. The van der Waals surface area contributed by atoms with E-state index in [-0.39, 0.29) is 0 Å². The summed E-state index contributed by atoms with van der Waals surface area (Å²) < 4.78 is 2.31. The Balaban J connectivity index is 1.38. The van der Waals surface area contributed by atoms with Crippen LogP contribution in [0.4, 0.5) is 0 Å². The molecule has 0 saturated heterocycles. The molecule has 0 aliphatic heterocycles. The molecular weight excluding hydrogens is 458 g/mol. The predicted octanol–water partition coefficient (Wildman–Crippen LogP) is 6.65. The minimum atomic E-state index is -0.503. The highest BCUT2D eigenvalue weighted by Gasteiger charge is 2.13. The van der Waals surface area contributed by atoms with Gasteiger partial charge < -0.3 is 9.55 Å². The highest BCUT2D eigenvalue weighted by atomic mass is 16.2. The Morgan fingerprint density at radius 3 is 1.95 bits per heavy atom. The van der Waals surface area contributed by atoms with Crippen LogP contribution in [0.3, 0.4) is 0 Å². The van der Waals surface area contributed by atoms with E-state index in [4.69, 9.17) is 0 Å². The van der Waals surface area contributed by atoms with E-state index in [9.17, 15) is 9.59 Å². The number of nitrogens with one attached hydrogen (secondary N) is 2. The maximum Gasteiger partial charge on any atom is 0.326 e. The van der Waals surface area contributed by atoms with Crippen LogP contribution in [0, 0.1) is 0 Å². The molecule has 5 heteroatoms. The van der Waals surface area contributed by atoms with Crippen molar-refractivity contribution < 1.29 is 0 Å². The van der Waals surface area contributed by atoms with Crippen molar-refractivity contribution >= 4 is 32.7 Å². The summed E-state index contributed by atoms with van der Waals surface area (Å²) in [5.41, 5.74) is 7.22. The molecule has 37 heavy (non-hydrogen) atoms. The van der Waals surface area contributed by atoms with Crippen LogP contribution in [-0.2, 0) is 0 Å². The van der Waals surface area contributed by atoms with Gasteiger partial charge in [0.25, 0.3) is 5.56 Å². The molecule has 2 N–H and O–H groups in total. The molecule has 0 radical (unpaired) electrons. The van der Waals surface area contributed by atoms with Gasteiger partial charge in [0.1, 0.15) is 0 Å². The SMILES string of the molecule is O=c1[nH]c(=O)c2cc(-c3cccc(-c4ccc5c(c4)c4ccccc4n5-c4ccccc4)c3)ccc2[nH]1. The van der Waals surface area contributed by atoms with Gasteiger partial charge in [0.2, 0.25) is 0 Å². The number of aromatic amines is 2. The van der Waals surface area contributed by atoms with Crippen LogP contribution in [0.2, 0.25) is 0 Å². The van der Waals surface area contributed by atoms with Crippen LogP contribution in [0.1, 0.15) is 0 Å². The van der Waals surface area contributed by atoms with Gasteiger partial charge in [-0.05, 0) is 70.8 Å². The summed E-state index contributed by atoms with van der Waals surface area (Å²) in [6.45, 7) is 0. The fraction of sp³-hybridized carbons (Fsp3) is 0. The van der Waals surface area contributed by atoms with Crippen LogP contribution >= 0.6 is 0 Å². The largest absolute Gasteiger partial charge is 0.326 e. The Morgan fingerprint density at radius 1 is 0.486 bits per heavy atom. The fourth-order valence-corrected chi connectivity index (χ4v) is 5.23. The number of nitrogens with zero attached hydrogens (tertiary/aromatic N) is 1. The zero-order chi connectivity index (χ0) is 24.9. The first-order valence-electron chi connectivity index (χ1n) is 12.1. The van der Waals surface area contributed by atoms with Crippen molar-refractivity contribution in [1.82, 2.24) is 14.5 Å². The Kier molecular flexibility index (Phi) is 4.69. The number of H-pyrrole nitrogens is 2. The van der Waals surface area contributed by atoms with E-state index in [1.807, 2.05) is 30.3 Å². The molecule has 0 aliphatic carbocycles. The first-order chi connectivity index (χ1) is 18.2. The van der Waals surface area contributed by atoms with Crippen molar-refractivity contribution in [3.05, 3.63) is 136 Å². The third-order valence-electron chi connectivity index (χ3n) is 6.96. The molecule has 0 bridgehead atoms. The van der Waals surface area contributed by atoms with Gasteiger partial charge in [-0.2, -0.15) is 0 Å². The summed E-state index contributed by atoms with van der Waals surface area (Å²) in [6, 6.07) is 39.4. The zero-order valence-corrected chi connectivity index (χ0v) is 19.7. The molecule has 7 rings (SSSR count). The number of benzene rings is 5. The van der Waals surface area contributed by atoms with Gasteiger partial charge in [-0.3, -0.25) is 9.78 Å². The van der Waals surface area contributed by atoms with Gasteiger partial charge in [-0.1, -0.05) is 66.7 Å². The van der Waals surface area contributed by atoms with Gasteiger partial charge in [0, 0.05) is 16.5 Å². The van der Waals surface area contributed by atoms with Crippen molar-refractivity contribution in [3.63, 3.8) is 0 Å². The molecule has 5 aromatic carbocycles. The Bertz CT molecular complexity index is 2080. The second-order valence-electron chi connectivity index (χ2n) is 9.17. The predicted molar refractivity (Wildman–Crippen MR) is 150 cm³/mol. The normalized spacial score (nSPS) is 11.5. The molecule has 0 aliphatic rings. The van der Waals surface area contributed by atoms with E-state index in [2.05, 4.69) is 93.4 Å². The molecular formula is C32H21N3O2. The van der Waals surface area contributed by atoms with E-state index >= 15 is 0 Å². The lowest BCUT2D eigenvalue weighted by atomic mass is 9.97. The van der Waals surface area contributed by atoms with Crippen molar-refractivity contribution in [1.29, 1.82) is 0 Å². The lowest BCUT2D eigenvalue weighted by Crippen LogP contribution is -2.21. The maximum absolute atomic E-state index is 12.3. The van der Waals surface area contributed by atoms with E-state index < -0.39 is 11.2 Å². The monoisotopic (exact) mass is 479 g/mol. The van der Waals surface area contributed by atoms with E-state index in [0.717, 1.165) is 33.5 Å². The smallest absolute Gasteiger partial charge is 0.309 e. The number of hydrogen-bond acceptors (Lipinski definition) is 2. The Hall–Kier alpha value is -5.16. The van der Waals surface area contributed by atoms with Crippen molar-refractivity contribution in [3.8, 4) is 27.9 Å². The number of para-hydroxylation sites is 2. The van der Waals surface area contributed by atoms with Crippen molar-refractivity contribution in [2.24, 2.45) is 0 Å². The lowest BCUT2D eigenvalue weighted by Gasteiger charge is -2.09. The molecule has 0 unspecified atom stereocenters. The number of hydrogen-bond donors (Lipinski definition) is 2. The lowest BCUT2D eigenvalue weighted by molar-refractivity contribution is 1.08. The van der Waals surface area contributed by atoms with Gasteiger partial charge in [-0.15, -0.1) is 0 Å². The summed E-state index contributed by atoms with van der Waals surface area (Å²) in [7, 11) is 0. The average Bonchev–Trinajstić information content (AvgIpc) is 3.27. The minimum Gasteiger partial charge on any atom is -0.309 e. The van der Waals surface area contributed by atoms with Gasteiger partial charge >= 0.3 is 5.69 Å². The molecule has 176 valence electrons. The summed E-state index contributed by atoms with van der Waals surface area (Å²) in [5.74, 6) is 0. The molecule has 0 amide bonds. The quantitative estimate of drug-likeness (QED) is 0.298. The van der Waals surface area contributed by atoms with Crippen LogP contribution in [0.25, 0.3) is 60.6 Å². The summed E-state index contributed by atoms with van der Waals surface area (Å²) in [4.78, 5) is 28.9. The highest BCUT2D eigenvalue weighted by molar-refractivity contribution is 6.10. The van der Waals surface area contributed by atoms with Crippen LogP contribution in [-0.4, -0.2) is 14.5 Å². The van der Waals surface area contributed by atoms with Crippen LogP contribution in [0.15, 0.2) is 125 Å². The Morgan fingerprint density at radius 2 is 1.14 bits per heavy atom. The van der Waals surface area contributed by atoms with E-state index in [0.29, 0.717) is 10.9 Å². The molecule has 2 heterocycles. The number of aromatic nitrogens is 3. The fourth-order valence-electron chi connectivity index (χ4n) is 5.23. The first kappa shape index (κ1) is 21.1. The van der Waals surface area contributed by atoms with Gasteiger partial charge in [0.15, 0.2) is 0 Å². The van der Waals surface area contributed by atoms with Crippen molar-refractivity contribution in [2.75, 3.05) is 0 Å². The molecule has 0 saturated carbocycles. The standard InChI is InChI=1S/C32H21N3O2/c36-31-27-19-22(13-15-28(27)33-32(37)34-31)20-7-6-8-21(17-20)23-14-16-30-26(18-23)25-11-4-5-12-29(25)35(30)24-9-2-1-3-10-24/h1-19H,(H2,33,34,36,37). The molecule has 7 aromatic rings. The maximum atomic E-state index is 12.3. The van der Waals surface area contributed by atoms with E-state index in [1.54, 1.807) is 6.07 Å². The van der Waals surface area contributed by atoms with Crippen LogP contribution in [0.5, 0.6) is 0 Å². The minimum absolute atomic E-state index is 0.392. The van der Waals surface area contributed by atoms with Gasteiger partial charge in [0.05, 0.1) is 21.9 Å². The molecule has 5 nitrogen and oxygen atoms in total. The average molecular weight is 480 g/mol. The molecule has 0 atom stereocenters. The zero-order valence-electron chi connectivity index (χ0n) is 19.7. The summed E-state index contributed by atoms with van der Waals surface area (Å²) >= 11 is 0. The summed E-state index contributed by atoms with van der Waals surface area (Å²) in [6.07, 6.45) is 0. The second-order valence-corrected chi connectivity index (χ2v) is 9.17. The Labute approximate surface area is 211 Å². The summed E-state index contributed by atoms with van der Waals surface area (Å²) in [5, 5.41) is 2.86. The van der Waals surface area contributed by atoms with E-state index in [1.165, 1.54) is 16.3 Å². The number of rotatable bonds is 3. The van der Waals surface area contributed by atoms with Crippen molar-refractivity contribution in [2.45, 2.75) is 0 Å². The molecule has 2 aromatic heterocycles. The topological polar surface area (TPSA) is 70.7 Å². The van der Waals surface area contributed by atoms with Crippen LogP contribution < -0.4 is 11.2 Å². The first-order valence-corrected chi connectivity index (χ1v) is 12.1. The second kappa shape index (κ2) is 8.21. The number of fused-ring (bicyclic) bond motifs is 4. The highest BCUT2D eigenvalue weighted by Crippen LogP contribution is 2.35. The van der Waals surface area contributed by atoms with Gasteiger partial charge in [-0.25, -0.2) is 4.79 Å². The molecule has 0 fully saturated rings. The molecule has 0 spiro atoms. The third-order valence-corrected chi connectivity index (χ3v) is 6.96.